The van der Waals surface area contributed by atoms with Gasteiger partial charge in [-0.05, 0) is 26.3 Å². The van der Waals surface area contributed by atoms with Gasteiger partial charge in [0.15, 0.2) is 5.96 Å². The minimum Gasteiger partial charge on any atom is -0.444 e. The normalized spacial score (nSPS) is 15.7. The second-order valence-electron chi connectivity index (χ2n) is 6.97. The van der Waals surface area contributed by atoms with Crippen molar-refractivity contribution in [1.29, 1.82) is 0 Å². The van der Waals surface area contributed by atoms with Crippen LogP contribution in [0.1, 0.15) is 26.3 Å². The Balaban J connectivity index is 0.00000338. The topological polar surface area (TPSA) is 71.2 Å². The molecule has 2 rings (SSSR count). The first kappa shape index (κ1) is 22.3. The predicted octanol–water partition coefficient (Wildman–Crippen LogP) is 3.19. The van der Waals surface area contributed by atoms with Gasteiger partial charge in [-0.3, -0.25) is 0 Å². The number of hydrogen-bond acceptors (Lipinski definition) is 3. The summed E-state index contributed by atoms with van der Waals surface area (Å²) < 4.78 is 5.39. The van der Waals surface area contributed by atoms with E-state index in [9.17, 15) is 4.79 Å². The number of carbonyl (C=O) groups is 1. The Kier molecular flexibility index (Phi) is 8.91. The van der Waals surface area contributed by atoms with Crippen LogP contribution < -0.4 is 5.73 Å². The summed E-state index contributed by atoms with van der Waals surface area (Å²) in [4.78, 5) is 20.2. The van der Waals surface area contributed by atoms with Gasteiger partial charge in [-0.25, -0.2) is 9.79 Å². The second kappa shape index (κ2) is 10.4. The Labute approximate surface area is 173 Å². The highest BCUT2D eigenvalue weighted by Gasteiger charge is 2.26. The van der Waals surface area contributed by atoms with Crippen molar-refractivity contribution in [2.75, 3.05) is 32.7 Å². The van der Waals surface area contributed by atoms with Crippen LogP contribution in [0.2, 0.25) is 0 Å². The molecule has 1 fully saturated rings. The van der Waals surface area contributed by atoms with Gasteiger partial charge in [0.25, 0.3) is 0 Å². The van der Waals surface area contributed by atoms with Crippen LogP contribution in [0.25, 0.3) is 6.08 Å². The van der Waals surface area contributed by atoms with Gasteiger partial charge < -0.3 is 20.3 Å². The molecule has 0 aliphatic carbocycles. The summed E-state index contributed by atoms with van der Waals surface area (Å²) in [5.41, 5.74) is 6.73. The fourth-order valence-electron chi connectivity index (χ4n) is 2.44. The second-order valence-corrected chi connectivity index (χ2v) is 6.97. The number of piperazine rings is 1. The number of aliphatic imine (C=N–C) groups is 1. The maximum absolute atomic E-state index is 12.1. The first-order valence-electron chi connectivity index (χ1n) is 8.59. The molecular weight excluding hydrogens is 443 g/mol. The van der Waals surface area contributed by atoms with E-state index in [1.165, 1.54) is 0 Å². The minimum absolute atomic E-state index is 0. The number of hydrogen-bond donors (Lipinski definition) is 1. The lowest BCUT2D eigenvalue weighted by atomic mass is 10.2. The van der Waals surface area contributed by atoms with Crippen molar-refractivity contribution < 1.29 is 9.53 Å². The fraction of sp³-hybridized carbons (Fsp3) is 0.474. The van der Waals surface area contributed by atoms with E-state index < -0.39 is 5.60 Å². The third-order valence-corrected chi connectivity index (χ3v) is 3.72. The summed E-state index contributed by atoms with van der Waals surface area (Å²) in [6.07, 6.45) is 3.74. The molecule has 0 aromatic heterocycles. The molecule has 2 N–H and O–H groups in total. The lowest BCUT2D eigenvalue weighted by molar-refractivity contribution is 0.0186. The number of carbonyl (C=O) groups excluding carboxylic acids is 1. The largest absolute Gasteiger partial charge is 0.444 e. The van der Waals surface area contributed by atoms with Gasteiger partial charge in [-0.2, -0.15) is 0 Å². The van der Waals surface area contributed by atoms with Gasteiger partial charge in [-0.1, -0.05) is 42.5 Å². The van der Waals surface area contributed by atoms with E-state index in [1.54, 1.807) is 4.90 Å². The third-order valence-electron chi connectivity index (χ3n) is 3.72. The number of amides is 1. The SMILES string of the molecule is CC(C)(C)OC(=O)N1CCN(C(N)=NCC=Cc2ccccc2)CC1.I. The average molecular weight is 472 g/mol. The maximum Gasteiger partial charge on any atom is 0.410 e. The number of halogens is 1. The van der Waals surface area contributed by atoms with Crippen molar-refractivity contribution in [2.24, 2.45) is 10.7 Å². The van der Waals surface area contributed by atoms with Crippen molar-refractivity contribution in [3.63, 3.8) is 0 Å². The lowest BCUT2D eigenvalue weighted by Gasteiger charge is -2.36. The highest BCUT2D eigenvalue weighted by molar-refractivity contribution is 14.0. The van der Waals surface area contributed by atoms with Crippen LogP contribution >= 0.6 is 24.0 Å². The van der Waals surface area contributed by atoms with E-state index >= 15 is 0 Å². The molecule has 6 nitrogen and oxygen atoms in total. The van der Waals surface area contributed by atoms with Crippen molar-refractivity contribution in [3.05, 3.63) is 42.0 Å². The minimum atomic E-state index is -0.472. The van der Waals surface area contributed by atoms with Crippen molar-refractivity contribution in [1.82, 2.24) is 9.80 Å². The molecular formula is C19H29IN4O2. The molecule has 0 atom stereocenters. The van der Waals surface area contributed by atoms with Gasteiger partial charge in [0.1, 0.15) is 5.60 Å². The van der Waals surface area contributed by atoms with Crippen molar-refractivity contribution in [2.45, 2.75) is 26.4 Å². The number of nitrogens with two attached hydrogens (primary N) is 1. The van der Waals surface area contributed by atoms with E-state index in [1.807, 2.05) is 68.2 Å². The van der Waals surface area contributed by atoms with Crippen LogP contribution in [0.5, 0.6) is 0 Å². The van der Waals surface area contributed by atoms with E-state index in [-0.39, 0.29) is 30.1 Å². The summed E-state index contributed by atoms with van der Waals surface area (Å²) in [5, 5.41) is 0. The third kappa shape index (κ3) is 7.63. The average Bonchev–Trinajstić information content (AvgIpc) is 2.58. The van der Waals surface area contributed by atoms with Crippen molar-refractivity contribution in [3.8, 4) is 0 Å². The van der Waals surface area contributed by atoms with E-state index in [0.717, 1.165) is 5.56 Å². The van der Waals surface area contributed by atoms with Crippen LogP contribution in [0.3, 0.4) is 0 Å². The van der Waals surface area contributed by atoms with Gasteiger partial charge in [-0.15, -0.1) is 24.0 Å². The smallest absolute Gasteiger partial charge is 0.410 e. The molecule has 1 heterocycles. The van der Waals surface area contributed by atoms with Crippen LogP contribution in [-0.4, -0.2) is 60.2 Å². The quantitative estimate of drug-likeness (QED) is 0.417. The number of rotatable bonds is 3. The van der Waals surface area contributed by atoms with E-state index in [2.05, 4.69) is 4.99 Å². The molecule has 26 heavy (non-hydrogen) atoms. The van der Waals surface area contributed by atoms with Gasteiger partial charge in [0, 0.05) is 26.2 Å². The number of guanidine groups is 1. The standard InChI is InChI=1S/C19H28N4O2.HI/c1-19(2,3)25-18(24)23-14-12-22(13-15-23)17(20)21-11-7-10-16-8-5-4-6-9-16;/h4-10H,11-15H2,1-3H3,(H2,20,21);1H. The molecule has 1 amide bonds. The molecule has 7 heteroatoms. The van der Waals surface area contributed by atoms with Crippen molar-refractivity contribution >= 4 is 42.1 Å². The molecule has 1 aromatic carbocycles. The highest BCUT2D eigenvalue weighted by Crippen LogP contribution is 2.11. The fourth-order valence-corrected chi connectivity index (χ4v) is 2.44. The number of benzene rings is 1. The molecule has 0 saturated carbocycles. The summed E-state index contributed by atoms with van der Waals surface area (Å²) in [6, 6.07) is 10.1. The molecule has 144 valence electrons. The predicted molar refractivity (Wildman–Crippen MR) is 117 cm³/mol. The molecule has 0 radical (unpaired) electrons. The van der Waals surface area contributed by atoms with E-state index in [0.29, 0.717) is 38.7 Å². The molecule has 1 aromatic rings. The van der Waals surface area contributed by atoms with Crippen LogP contribution in [-0.2, 0) is 4.74 Å². The van der Waals surface area contributed by atoms with Crippen LogP contribution in [0, 0.1) is 0 Å². The zero-order valence-corrected chi connectivity index (χ0v) is 18.1. The lowest BCUT2D eigenvalue weighted by Crippen LogP contribution is -2.53. The van der Waals surface area contributed by atoms with Gasteiger partial charge in [0.05, 0.1) is 6.54 Å². The first-order valence-corrected chi connectivity index (χ1v) is 8.59. The Morgan fingerprint density at radius 1 is 1.15 bits per heavy atom. The maximum atomic E-state index is 12.1. The summed E-state index contributed by atoms with van der Waals surface area (Å²) in [6.45, 7) is 8.65. The zero-order valence-electron chi connectivity index (χ0n) is 15.7. The first-order chi connectivity index (χ1) is 11.8. The summed E-state index contributed by atoms with van der Waals surface area (Å²) >= 11 is 0. The van der Waals surface area contributed by atoms with E-state index in [4.69, 9.17) is 10.5 Å². The molecule has 0 spiro atoms. The van der Waals surface area contributed by atoms with Gasteiger partial charge in [0.2, 0.25) is 0 Å². The molecule has 1 aliphatic heterocycles. The Morgan fingerprint density at radius 2 is 1.73 bits per heavy atom. The molecule has 0 bridgehead atoms. The Morgan fingerprint density at radius 3 is 2.31 bits per heavy atom. The summed E-state index contributed by atoms with van der Waals surface area (Å²) in [5.74, 6) is 0.515. The monoisotopic (exact) mass is 472 g/mol. The Hall–Kier alpha value is -1.77. The Bertz CT molecular complexity index is 618. The number of nitrogens with zero attached hydrogens (tertiary/aromatic N) is 3. The highest BCUT2D eigenvalue weighted by atomic mass is 127. The molecule has 1 aliphatic rings. The summed E-state index contributed by atoms with van der Waals surface area (Å²) in [7, 11) is 0. The number of ether oxygens (including phenoxy) is 1. The van der Waals surface area contributed by atoms with Gasteiger partial charge >= 0.3 is 6.09 Å². The van der Waals surface area contributed by atoms with Crippen LogP contribution in [0.15, 0.2) is 41.4 Å². The van der Waals surface area contributed by atoms with Crippen LogP contribution in [0.4, 0.5) is 4.79 Å². The molecule has 1 saturated heterocycles. The molecule has 0 unspecified atom stereocenters. The zero-order chi connectivity index (χ0) is 18.3.